The monoisotopic (exact) mass is 409 g/mol. The first-order valence-corrected chi connectivity index (χ1v) is 9.80. The Hall–Kier alpha value is -2.03. The van der Waals surface area contributed by atoms with Crippen LogP contribution >= 0.6 is 34.7 Å². The van der Waals surface area contributed by atoms with Gasteiger partial charge in [-0.05, 0) is 36.9 Å². The van der Waals surface area contributed by atoms with Gasteiger partial charge in [0.25, 0.3) is 11.1 Å². The van der Waals surface area contributed by atoms with E-state index in [4.69, 9.17) is 20.8 Å². The van der Waals surface area contributed by atoms with Gasteiger partial charge in [-0.3, -0.25) is 4.79 Å². The van der Waals surface area contributed by atoms with E-state index in [1.807, 2.05) is 24.4 Å². The number of anilines is 1. The van der Waals surface area contributed by atoms with Gasteiger partial charge in [-0.1, -0.05) is 29.4 Å². The Morgan fingerprint density at radius 1 is 1.42 bits per heavy atom. The molecule has 1 atom stereocenters. The van der Waals surface area contributed by atoms with Crippen molar-refractivity contribution in [2.75, 3.05) is 12.4 Å². The second-order valence-corrected chi connectivity index (χ2v) is 8.05. The van der Waals surface area contributed by atoms with E-state index in [1.54, 1.807) is 19.1 Å². The molecule has 136 valence electrons. The minimum atomic E-state index is -0.438. The summed E-state index contributed by atoms with van der Waals surface area (Å²) < 4.78 is 10.9. The zero-order chi connectivity index (χ0) is 18.7. The lowest BCUT2D eigenvalue weighted by Crippen LogP contribution is -2.22. The average Bonchev–Trinajstić information content (AvgIpc) is 3.29. The summed E-state index contributed by atoms with van der Waals surface area (Å²) in [6.07, 6.45) is 0. The number of thiophene rings is 1. The normalized spacial score (nSPS) is 12.0. The van der Waals surface area contributed by atoms with Crippen LogP contribution in [0.25, 0.3) is 10.8 Å². The third-order valence-corrected chi connectivity index (χ3v) is 5.72. The molecule has 0 bridgehead atoms. The van der Waals surface area contributed by atoms with E-state index in [0.717, 1.165) is 10.4 Å². The minimum absolute atomic E-state index is 0.203. The number of thioether (sulfide) groups is 1. The largest absolute Gasteiger partial charge is 0.495 e. The number of nitrogens with zero attached hydrogens (tertiary/aromatic N) is 2. The lowest BCUT2D eigenvalue weighted by Gasteiger charge is -2.14. The fourth-order valence-electron chi connectivity index (χ4n) is 2.13. The van der Waals surface area contributed by atoms with Crippen molar-refractivity contribution in [3.05, 3.63) is 40.2 Å². The molecular formula is C17H16ClN3O3S2. The molecule has 6 nitrogen and oxygen atoms in total. The molecule has 0 aliphatic rings. The smallest absolute Gasteiger partial charge is 0.277 e. The number of ether oxygens (including phenoxy) is 1. The van der Waals surface area contributed by atoms with Gasteiger partial charge < -0.3 is 14.5 Å². The molecule has 0 fully saturated rings. The summed E-state index contributed by atoms with van der Waals surface area (Å²) in [5.74, 6) is 0.750. The molecule has 26 heavy (non-hydrogen) atoms. The van der Waals surface area contributed by atoms with Crippen molar-refractivity contribution in [1.82, 2.24) is 10.2 Å². The third-order valence-electron chi connectivity index (χ3n) is 3.52. The van der Waals surface area contributed by atoms with E-state index < -0.39 is 5.25 Å². The molecule has 0 saturated heterocycles. The Labute approximate surface area is 163 Å². The fourth-order valence-corrected chi connectivity index (χ4v) is 3.61. The number of rotatable bonds is 6. The molecule has 0 spiro atoms. The Morgan fingerprint density at radius 2 is 2.23 bits per heavy atom. The lowest BCUT2D eigenvalue weighted by molar-refractivity contribution is -0.115. The zero-order valence-corrected chi connectivity index (χ0v) is 16.7. The van der Waals surface area contributed by atoms with E-state index in [0.29, 0.717) is 27.6 Å². The highest BCUT2D eigenvalue weighted by molar-refractivity contribution is 8.00. The van der Waals surface area contributed by atoms with Crippen LogP contribution in [0.5, 0.6) is 5.75 Å². The average molecular weight is 410 g/mol. The van der Waals surface area contributed by atoms with Crippen molar-refractivity contribution in [2.24, 2.45) is 0 Å². The number of hydrogen-bond donors (Lipinski definition) is 1. The maximum absolute atomic E-state index is 12.5. The summed E-state index contributed by atoms with van der Waals surface area (Å²) in [7, 11) is 1.53. The number of carbonyl (C=O) groups excluding carboxylic acids is 1. The first-order valence-electron chi connectivity index (χ1n) is 7.67. The molecule has 3 aromatic rings. The highest BCUT2D eigenvalue weighted by Crippen LogP contribution is 2.32. The second kappa shape index (κ2) is 8.11. The first kappa shape index (κ1) is 18.8. The van der Waals surface area contributed by atoms with Gasteiger partial charge in [0, 0.05) is 11.1 Å². The SMILES string of the molecule is COc1cc(Cl)c(C)cc1NC(=O)[C@@H](C)Sc1nnc(-c2cccs2)o1. The Balaban J connectivity index is 1.68. The Bertz CT molecular complexity index is 912. The number of carbonyl (C=O) groups is 1. The van der Waals surface area contributed by atoms with Crippen molar-refractivity contribution in [1.29, 1.82) is 0 Å². The van der Waals surface area contributed by atoms with Gasteiger partial charge >= 0.3 is 0 Å². The van der Waals surface area contributed by atoms with Crippen LogP contribution in [0.2, 0.25) is 5.02 Å². The van der Waals surface area contributed by atoms with Crippen molar-refractivity contribution in [2.45, 2.75) is 24.3 Å². The van der Waals surface area contributed by atoms with Crippen LogP contribution in [0.3, 0.4) is 0 Å². The van der Waals surface area contributed by atoms with Gasteiger partial charge in [-0.2, -0.15) is 0 Å². The number of aryl methyl sites for hydroxylation is 1. The number of benzene rings is 1. The molecule has 9 heteroatoms. The third kappa shape index (κ3) is 4.20. The molecule has 2 heterocycles. The van der Waals surface area contributed by atoms with Gasteiger partial charge in [0.2, 0.25) is 5.91 Å². The van der Waals surface area contributed by atoms with E-state index in [2.05, 4.69) is 15.5 Å². The highest BCUT2D eigenvalue weighted by atomic mass is 35.5. The van der Waals surface area contributed by atoms with Crippen LogP contribution in [0.4, 0.5) is 5.69 Å². The molecule has 0 radical (unpaired) electrons. The summed E-state index contributed by atoms with van der Waals surface area (Å²) in [6, 6.07) is 7.26. The zero-order valence-electron chi connectivity index (χ0n) is 14.3. The maximum atomic E-state index is 12.5. The van der Waals surface area contributed by atoms with Crippen LogP contribution in [0, 0.1) is 6.92 Å². The summed E-state index contributed by atoms with van der Waals surface area (Å²) in [5, 5.41) is 13.3. The van der Waals surface area contributed by atoms with Crippen LogP contribution in [-0.2, 0) is 4.79 Å². The number of amides is 1. The molecule has 0 aliphatic heterocycles. The molecule has 1 N–H and O–H groups in total. The number of methoxy groups -OCH3 is 1. The molecule has 1 amide bonds. The molecule has 0 saturated carbocycles. The summed E-state index contributed by atoms with van der Waals surface area (Å²) in [4.78, 5) is 13.4. The van der Waals surface area contributed by atoms with E-state index in [1.165, 1.54) is 30.2 Å². The second-order valence-electron chi connectivity index (χ2n) is 5.40. The molecule has 2 aromatic heterocycles. The fraction of sp³-hybridized carbons (Fsp3) is 0.235. The lowest BCUT2D eigenvalue weighted by atomic mass is 10.2. The van der Waals surface area contributed by atoms with Crippen LogP contribution < -0.4 is 10.1 Å². The van der Waals surface area contributed by atoms with Crippen molar-refractivity contribution in [3.8, 4) is 16.5 Å². The predicted molar refractivity (Wildman–Crippen MR) is 104 cm³/mol. The van der Waals surface area contributed by atoms with Crippen molar-refractivity contribution in [3.63, 3.8) is 0 Å². The number of hydrogen-bond acceptors (Lipinski definition) is 7. The highest BCUT2D eigenvalue weighted by Gasteiger charge is 2.20. The standard InChI is InChI=1S/C17H16ClN3O3S2/c1-9-7-12(13(23-3)8-11(9)18)19-15(22)10(2)26-17-21-20-16(24-17)14-5-4-6-25-14/h4-8,10H,1-3H3,(H,19,22)/t10-/m1/s1. The summed E-state index contributed by atoms with van der Waals surface area (Å²) in [5.41, 5.74) is 1.41. The van der Waals surface area contributed by atoms with E-state index in [9.17, 15) is 4.79 Å². The molecular weight excluding hydrogens is 394 g/mol. The number of aromatic nitrogens is 2. The van der Waals surface area contributed by atoms with Crippen LogP contribution in [-0.4, -0.2) is 28.5 Å². The molecule has 0 unspecified atom stereocenters. The maximum Gasteiger partial charge on any atom is 0.277 e. The number of halogens is 1. The van der Waals surface area contributed by atoms with E-state index >= 15 is 0 Å². The summed E-state index contributed by atoms with van der Waals surface area (Å²) in [6.45, 7) is 3.63. The van der Waals surface area contributed by atoms with Crippen LogP contribution in [0.1, 0.15) is 12.5 Å². The Kier molecular flexibility index (Phi) is 5.85. The molecule has 1 aromatic carbocycles. The topological polar surface area (TPSA) is 77.2 Å². The quantitative estimate of drug-likeness (QED) is 0.584. The molecule has 0 aliphatic carbocycles. The minimum Gasteiger partial charge on any atom is -0.495 e. The van der Waals surface area contributed by atoms with Gasteiger partial charge in [-0.25, -0.2) is 0 Å². The molecule has 3 rings (SSSR count). The van der Waals surface area contributed by atoms with Gasteiger partial charge in [0.1, 0.15) is 5.75 Å². The van der Waals surface area contributed by atoms with Gasteiger partial charge in [-0.15, -0.1) is 21.5 Å². The first-order chi connectivity index (χ1) is 12.5. The Morgan fingerprint density at radius 3 is 2.92 bits per heavy atom. The van der Waals surface area contributed by atoms with E-state index in [-0.39, 0.29) is 5.91 Å². The van der Waals surface area contributed by atoms with Crippen molar-refractivity contribution >= 4 is 46.3 Å². The van der Waals surface area contributed by atoms with Crippen LogP contribution in [0.15, 0.2) is 39.3 Å². The number of nitrogens with one attached hydrogen (secondary N) is 1. The summed E-state index contributed by atoms with van der Waals surface area (Å²) >= 11 is 8.80. The van der Waals surface area contributed by atoms with Gasteiger partial charge in [0.15, 0.2) is 0 Å². The predicted octanol–water partition coefficient (Wildman–Crippen LogP) is 4.89. The van der Waals surface area contributed by atoms with Crippen molar-refractivity contribution < 1.29 is 13.9 Å². The van der Waals surface area contributed by atoms with Gasteiger partial charge in [0.05, 0.1) is 22.9 Å².